The van der Waals surface area contributed by atoms with Crippen LogP contribution in [-0.2, 0) is 6.42 Å². The molecule has 2 aliphatic rings. The third-order valence-corrected chi connectivity index (χ3v) is 4.66. The summed E-state index contributed by atoms with van der Waals surface area (Å²) in [4.78, 5) is 0. The van der Waals surface area contributed by atoms with E-state index in [-0.39, 0.29) is 0 Å². The molecule has 0 nitrogen and oxygen atoms in total. The number of hydrogen-bond acceptors (Lipinski definition) is 0. The third kappa shape index (κ3) is 1.17. The molecule has 20 heavy (non-hydrogen) atoms. The summed E-state index contributed by atoms with van der Waals surface area (Å²) >= 11 is 0. The van der Waals surface area contributed by atoms with Crippen molar-refractivity contribution in [2.45, 2.75) is 12.8 Å². The minimum absolute atomic E-state index is 1.17. The second kappa shape index (κ2) is 3.61. The van der Waals surface area contributed by atoms with E-state index in [0.717, 1.165) is 0 Å². The summed E-state index contributed by atoms with van der Waals surface area (Å²) in [6.07, 6.45) is 6.97. The van der Waals surface area contributed by atoms with E-state index in [2.05, 4.69) is 60.7 Å². The van der Waals surface area contributed by atoms with Crippen molar-refractivity contribution in [3.8, 4) is 22.3 Å². The van der Waals surface area contributed by atoms with Crippen molar-refractivity contribution in [3.63, 3.8) is 0 Å². The fourth-order valence-electron chi connectivity index (χ4n) is 3.80. The van der Waals surface area contributed by atoms with Crippen LogP contribution in [0.5, 0.6) is 0 Å². The molecule has 2 aliphatic carbocycles. The molecule has 0 aromatic heterocycles. The first-order valence-electron chi connectivity index (χ1n) is 7.28. The molecule has 0 unspecified atom stereocenters. The molecule has 94 valence electrons. The Bertz CT molecular complexity index is 892. The van der Waals surface area contributed by atoms with Crippen molar-refractivity contribution in [2.24, 2.45) is 0 Å². The minimum Gasteiger partial charge on any atom is -0.0836 e. The number of benzene rings is 3. The predicted octanol–water partition coefficient (Wildman–Crippen LogP) is 5.45. The van der Waals surface area contributed by atoms with Crippen molar-refractivity contribution >= 4 is 16.8 Å². The largest absolute Gasteiger partial charge is 0.0836 e. The van der Waals surface area contributed by atoms with E-state index in [0.29, 0.717) is 0 Å². The van der Waals surface area contributed by atoms with E-state index >= 15 is 0 Å². The zero-order chi connectivity index (χ0) is 13.1. The van der Waals surface area contributed by atoms with Gasteiger partial charge in [0.25, 0.3) is 0 Å². The summed E-state index contributed by atoms with van der Waals surface area (Å²) in [6, 6.07) is 18.0. The van der Waals surface area contributed by atoms with Gasteiger partial charge in [0.2, 0.25) is 0 Å². The predicted molar refractivity (Wildman–Crippen MR) is 85.7 cm³/mol. The zero-order valence-corrected chi connectivity index (χ0v) is 11.2. The molecule has 0 radical (unpaired) electrons. The van der Waals surface area contributed by atoms with Gasteiger partial charge in [-0.3, -0.25) is 0 Å². The molecule has 5 rings (SSSR count). The van der Waals surface area contributed by atoms with Crippen molar-refractivity contribution < 1.29 is 0 Å². The number of rotatable bonds is 0. The maximum Gasteiger partial charge on any atom is -0.00235 e. The van der Waals surface area contributed by atoms with Gasteiger partial charge in [0, 0.05) is 0 Å². The van der Waals surface area contributed by atoms with E-state index in [4.69, 9.17) is 0 Å². The van der Waals surface area contributed by atoms with E-state index in [1.165, 1.54) is 57.0 Å². The highest BCUT2D eigenvalue weighted by atomic mass is 14.3. The Labute approximate surface area is 118 Å². The van der Waals surface area contributed by atoms with Crippen LogP contribution in [0.25, 0.3) is 39.1 Å². The van der Waals surface area contributed by atoms with Crippen LogP contribution in [0.4, 0.5) is 0 Å². The lowest BCUT2D eigenvalue weighted by Crippen LogP contribution is -1.96. The van der Waals surface area contributed by atoms with E-state index in [9.17, 15) is 0 Å². The van der Waals surface area contributed by atoms with Gasteiger partial charge >= 0.3 is 0 Å². The maximum atomic E-state index is 2.32. The number of fused-ring (bicyclic) bond motifs is 5. The van der Waals surface area contributed by atoms with Crippen molar-refractivity contribution in [2.75, 3.05) is 0 Å². The van der Waals surface area contributed by atoms with Gasteiger partial charge in [-0.1, -0.05) is 60.7 Å². The molecule has 0 amide bonds. The molecule has 0 spiro atoms. The molecule has 0 saturated heterocycles. The minimum atomic E-state index is 1.17. The van der Waals surface area contributed by atoms with E-state index in [1.807, 2.05) is 0 Å². The Morgan fingerprint density at radius 1 is 0.750 bits per heavy atom. The van der Waals surface area contributed by atoms with Crippen molar-refractivity contribution in [1.82, 2.24) is 0 Å². The Balaban J connectivity index is 2.00. The van der Waals surface area contributed by atoms with Gasteiger partial charge < -0.3 is 0 Å². The fourth-order valence-corrected chi connectivity index (χ4v) is 3.80. The molecule has 0 aliphatic heterocycles. The summed E-state index contributed by atoms with van der Waals surface area (Å²) < 4.78 is 0. The Morgan fingerprint density at radius 2 is 1.60 bits per heavy atom. The van der Waals surface area contributed by atoms with Gasteiger partial charge in [0.05, 0.1) is 0 Å². The van der Waals surface area contributed by atoms with Gasteiger partial charge in [-0.15, -0.1) is 0 Å². The quantitative estimate of drug-likeness (QED) is 0.391. The van der Waals surface area contributed by atoms with Gasteiger partial charge in [0.1, 0.15) is 0 Å². The fraction of sp³-hybridized carbons (Fsp3) is 0.100. The van der Waals surface area contributed by atoms with Crippen molar-refractivity contribution in [1.29, 1.82) is 0 Å². The molecular formula is C20H14. The van der Waals surface area contributed by atoms with Crippen LogP contribution in [0.1, 0.15) is 17.5 Å². The van der Waals surface area contributed by atoms with Gasteiger partial charge in [-0.2, -0.15) is 0 Å². The normalized spacial score (nSPS) is 14.4. The van der Waals surface area contributed by atoms with E-state index < -0.39 is 0 Å². The molecule has 0 heteroatoms. The van der Waals surface area contributed by atoms with E-state index in [1.54, 1.807) is 0 Å². The standard InChI is InChI=1S/C20H14/c1-2-8-15-13(5-1)11-12-17-16-9-3-6-14-7-4-10-18(19(14)16)20(15)17/h2-4,6-12H,1,5H2. The SMILES string of the molecule is C1=Cc2c(ccc3c2-c2cccc4cccc-3c24)CC1. The first-order valence-corrected chi connectivity index (χ1v) is 7.28. The lowest BCUT2D eigenvalue weighted by atomic mass is 9.89. The molecule has 0 bridgehead atoms. The second-order valence-electron chi connectivity index (χ2n) is 5.71. The molecule has 3 aromatic carbocycles. The summed E-state index contributed by atoms with van der Waals surface area (Å²) in [6.45, 7) is 0. The molecule has 0 fully saturated rings. The Hall–Kier alpha value is -2.34. The topological polar surface area (TPSA) is 0 Å². The van der Waals surface area contributed by atoms with Gasteiger partial charge in [-0.05, 0) is 57.0 Å². The molecule has 0 heterocycles. The van der Waals surface area contributed by atoms with Crippen LogP contribution in [0.2, 0.25) is 0 Å². The summed E-state index contributed by atoms with van der Waals surface area (Å²) in [5.41, 5.74) is 8.60. The summed E-state index contributed by atoms with van der Waals surface area (Å²) in [7, 11) is 0. The number of aryl methyl sites for hydroxylation is 1. The highest BCUT2D eigenvalue weighted by Gasteiger charge is 2.24. The number of hydrogen-bond donors (Lipinski definition) is 0. The zero-order valence-electron chi connectivity index (χ0n) is 11.2. The third-order valence-electron chi connectivity index (χ3n) is 4.66. The van der Waals surface area contributed by atoms with Crippen LogP contribution in [0.3, 0.4) is 0 Å². The molecule has 0 atom stereocenters. The van der Waals surface area contributed by atoms with Crippen molar-refractivity contribution in [3.05, 3.63) is 65.7 Å². The summed E-state index contributed by atoms with van der Waals surface area (Å²) in [5.74, 6) is 0. The smallest absolute Gasteiger partial charge is 0.00235 e. The lowest BCUT2D eigenvalue weighted by molar-refractivity contribution is 0.987. The Morgan fingerprint density at radius 3 is 2.50 bits per heavy atom. The monoisotopic (exact) mass is 254 g/mol. The average molecular weight is 254 g/mol. The highest BCUT2D eigenvalue weighted by molar-refractivity contribution is 6.16. The summed E-state index contributed by atoms with van der Waals surface area (Å²) in [5, 5.41) is 2.78. The van der Waals surface area contributed by atoms with Gasteiger partial charge in [-0.25, -0.2) is 0 Å². The molecular weight excluding hydrogens is 240 g/mol. The van der Waals surface area contributed by atoms with Gasteiger partial charge in [0.15, 0.2) is 0 Å². The maximum absolute atomic E-state index is 2.32. The molecule has 3 aromatic rings. The average Bonchev–Trinajstić information content (AvgIpc) is 2.85. The lowest BCUT2D eigenvalue weighted by Gasteiger charge is -2.15. The first kappa shape index (κ1) is 10.4. The second-order valence-corrected chi connectivity index (χ2v) is 5.71. The Kier molecular flexibility index (Phi) is 1.88. The van der Waals surface area contributed by atoms with Crippen LogP contribution in [-0.4, -0.2) is 0 Å². The number of allylic oxidation sites excluding steroid dienone is 1. The first-order chi connectivity index (χ1) is 9.93. The van der Waals surface area contributed by atoms with Crippen LogP contribution >= 0.6 is 0 Å². The highest BCUT2D eigenvalue weighted by Crippen LogP contribution is 2.50. The van der Waals surface area contributed by atoms with Crippen LogP contribution in [0.15, 0.2) is 54.6 Å². The molecule has 0 N–H and O–H groups in total. The molecule has 0 saturated carbocycles. The van der Waals surface area contributed by atoms with Crippen LogP contribution in [0, 0.1) is 0 Å². The van der Waals surface area contributed by atoms with Crippen LogP contribution < -0.4 is 0 Å².